The van der Waals surface area contributed by atoms with Crippen LogP contribution < -0.4 is 0 Å². The van der Waals surface area contributed by atoms with Crippen LogP contribution in [-0.4, -0.2) is 10.4 Å². The minimum atomic E-state index is 0.0000886. The number of nitrogens with zero attached hydrogens (tertiary/aromatic N) is 1. The maximum Gasteiger partial charge on any atom is 0.100 e. The molecule has 0 radical (unpaired) electrons. The minimum absolute atomic E-state index is 0.0000886. The molecular formula is C15H19NOS. The number of rotatable bonds is 3. The molecule has 1 aromatic carbocycles. The summed E-state index contributed by atoms with van der Waals surface area (Å²) in [6.07, 6.45) is 5.14. The van der Waals surface area contributed by atoms with Crippen molar-refractivity contribution in [3.8, 4) is 6.07 Å². The first kappa shape index (κ1) is 13.5. The van der Waals surface area contributed by atoms with Crippen molar-refractivity contribution in [3.05, 3.63) is 29.3 Å². The lowest BCUT2D eigenvalue weighted by molar-refractivity contribution is 0.281. The van der Waals surface area contributed by atoms with Gasteiger partial charge in [-0.2, -0.15) is 5.26 Å². The normalized spacial score (nSPS) is 23.6. The number of aliphatic hydroxyl groups excluding tert-OH is 1. The van der Waals surface area contributed by atoms with Crippen LogP contribution in [0.1, 0.15) is 43.7 Å². The van der Waals surface area contributed by atoms with E-state index < -0.39 is 0 Å². The largest absolute Gasteiger partial charge is 0.392 e. The van der Waals surface area contributed by atoms with Crippen LogP contribution in [0.4, 0.5) is 0 Å². The molecular weight excluding hydrogens is 242 g/mol. The van der Waals surface area contributed by atoms with Gasteiger partial charge in [0.05, 0.1) is 12.2 Å². The number of aliphatic hydroxyl groups is 1. The molecule has 0 aromatic heterocycles. The monoisotopic (exact) mass is 261 g/mol. The van der Waals surface area contributed by atoms with E-state index in [1.165, 1.54) is 25.7 Å². The Hall–Kier alpha value is -0.980. The van der Waals surface area contributed by atoms with E-state index in [9.17, 15) is 5.26 Å². The zero-order chi connectivity index (χ0) is 13.0. The van der Waals surface area contributed by atoms with Crippen molar-refractivity contribution in [3.63, 3.8) is 0 Å². The van der Waals surface area contributed by atoms with Crippen LogP contribution in [0.15, 0.2) is 23.1 Å². The van der Waals surface area contributed by atoms with E-state index in [4.69, 9.17) is 5.11 Å². The van der Waals surface area contributed by atoms with Gasteiger partial charge in [0.1, 0.15) is 6.07 Å². The van der Waals surface area contributed by atoms with Crippen molar-refractivity contribution in [1.82, 2.24) is 0 Å². The third kappa shape index (κ3) is 3.28. The van der Waals surface area contributed by atoms with Crippen molar-refractivity contribution in [2.75, 3.05) is 0 Å². The summed E-state index contributed by atoms with van der Waals surface area (Å²) >= 11 is 1.83. The van der Waals surface area contributed by atoms with Crippen LogP contribution in [0.3, 0.4) is 0 Å². The molecule has 1 fully saturated rings. The lowest BCUT2D eigenvalue weighted by Gasteiger charge is -2.26. The molecule has 0 aliphatic heterocycles. The molecule has 2 unspecified atom stereocenters. The van der Waals surface area contributed by atoms with E-state index in [1.807, 2.05) is 23.9 Å². The quantitative estimate of drug-likeness (QED) is 0.901. The Morgan fingerprint density at radius 2 is 2.28 bits per heavy atom. The fourth-order valence-electron chi connectivity index (χ4n) is 2.53. The first-order valence-electron chi connectivity index (χ1n) is 6.53. The zero-order valence-corrected chi connectivity index (χ0v) is 11.5. The highest BCUT2D eigenvalue weighted by atomic mass is 32.2. The molecule has 96 valence electrons. The minimum Gasteiger partial charge on any atom is -0.392 e. The molecule has 0 bridgehead atoms. The third-order valence-corrected chi connectivity index (χ3v) is 4.90. The van der Waals surface area contributed by atoms with E-state index in [1.54, 1.807) is 6.07 Å². The van der Waals surface area contributed by atoms with Crippen LogP contribution in [-0.2, 0) is 6.61 Å². The number of nitriles is 1. The van der Waals surface area contributed by atoms with Crippen LogP contribution in [0.2, 0.25) is 0 Å². The standard InChI is InChI=1S/C15H19NOS/c1-11-3-2-4-14(7-11)18-15-6-5-12(10-17)8-13(15)9-16/h5-6,8,11,14,17H,2-4,7,10H2,1H3. The lowest BCUT2D eigenvalue weighted by atomic mass is 9.91. The van der Waals surface area contributed by atoms with Crippen LogP contribution in [0.5, 0.6) is 0 Å². The summed E-state index contributed by atoms with van der Waals surface area (Å²) in [6.45, 7) is 2.31. The van der Waals surface area contributed by atoms with Crippen molar-refractivity contribution in [2.45, 2.75) is 49.4 Å². The first-order chi connectivity index (χ1) is 8.72. The van der Waals surface area contributed by atoms with Gasteiger partial charge in [-0.15, -0.1) is 11.8 Å². The SMILES string of the molecule is CC1CCCC(Sc2ccc(CO)cc2C#N)C1. The topological polar surface area (TPSA) is 44.0 Å². The third-order valence-electron chi connectivity index (χ3n) is 3.53. The number of hydrogen-bond donors (Lipinski definition) is 1. The van der Waals surface area contributed by atoms with Gasteiger partial charge in [-0.1, -0.05) is 25.8 Å². The second-order valence-corrected chi connectivity index (χ2v) is 6.45. The molecule has 1 aromatic rings. The Bertz CT molecular complexity index is 452. The van der Waals surface area contributed by atoms with Gasteiger partial charge in [0.25, 0.3) is 0 Å². The number of thioether (sulfide) groups is 1. The molecule has 2 atom stereocenters. The highest BCUT2D eigenvalue weighted by Crippen LogP contribution is 2.37. The van der Waals surface area contributed by atoms with E-state index in [0.717, 1.165) is 16.4 Å². The van der Waals surface area contributed by atoms with Crippen molar-refractivity contribution < 1.29 is 5.11 Å². The summed E-state index contributed by atoms with van der Waals surface area (Å²) in [6, 6.07) is 7.93. The Labute approximate surface area is 113 Å². The molecule has 1 N–H and O–H groups in total. The molecule has 0 amide bonds. The smallest absolute Gasteiger partial charge is 0.100 e. The molecule has 0 saturated heterocycles. The van der Waals surface area contributed by atoms with E-state index in [0.29, 0.717) is 10.8 Å². The molecule has 18 heavy (non-hydrogen) atoms. The fraction of sp³-hybridized carbons (Fsp3) is 0.533. The Balaban J connectivity index is 2.11. The summed E-state index contributed by atoms with van der Waals surface area (Å²) in [5, 5.41) is 18.9. The fourth-order valence-corrected chi connectivity index (χ4v) is 3.98. The molecule has 3 heteroatoms. The summed E-state index contributed by atoms with van der Waals surface area (Å²) in [7, 11) is 0. The molecule has 2 rings (SSSR count). The second-order valence-electron chi connectivity index (χ2n) is 5.11. The van der Waals surface area contributed by atoms with Gasteiger partial charge in [-0.05, 0) is 36.5 Å². The van der Waals surface area contributed by atoms with Gasteiger partial charge in [-0.25, -0.2) is 0 Å². The molecule has 2 nitrogen and oxygen atoms in total. The highest BCUT2D eigenvalue weighted by molar-refractivity contribution is 8.00. The summed E-state index contributed by atoms with van der Waals surface area (Å²) < 4.78 is 0. The van der Waals surface area contributed by atoms with Crippen LogP contribution in [0.25, 0.3) is 0 Å². The number of benzene rings is 1. The Morgan fingerprint density at radius 1 is 1.44 bits per heavy atom. The van der Waals surface area contributed by atoms with E-state index in [-0.39, 0.29) is 6.61 Å². The predicted octanol–water partition coefficient (Wildman–Crippen LogP) is 3.72. The van der Waals surface area contributed by atoms with Gasteiger partial charge < -0.3 is 5.11 Å². The van der Waals surface area contributed by atoms with Crippen molar-refractivity contribution in [1.29, 1.82) is 5.26 Å². The van der Waals surface area contributed by atoms with Crippen LogP contribution >= 0.6 is 11.8 Å². The average Bonchev–Trinajstić information content (AvgIpc) is 2.39. The Kier molecular flexibility index (Phi) is 4.68. The van der Waals surface area contributed by atoms with Crippen molar-refractivity contribution in [2.24, 2.45) is 5.92 Å². The van der Waals surface area contributed by atoms with Gasteiger partial charge in [-0.3, -0.25) is 0 Å². The van der Waals surface area contributed by atoms with Crippen LogP contribution in [0, 0.1) is 17.2 Å². The molecule has 0 heterocycles. The van der Waals surface area contributed by atoms with E-state index in [2.05, 4.69) is 13.0 Å². The van der Waals surface area contributed by atoms with Gasteiger partial charge in [0, 0.05) is 10.1 Å². The molecule has 1 aliphatic rings. The maximum atomic E-state index is 9.17. The Morgan fingerprint density at radius 3 is 2.94 bits per heavy atom. The second kappa shape index (κ2) is 6.26. The van der Waals surface area contributed by atoms with Gasteiger partial charge >= 0.3 is 0 Å². The van der Waals surface area contributed by atoms with Crippen molar-refractivity contribution >= 4 is 11.8 Å². The number of hydrogen-bond acceptors (Lipinski definition) is 3. The molecule has 1 saturated carbocycles. The van der Waals surface area contributed by atoms with E-state index >= 15 is 0 Å². The van der Waals surface area contributed by atoms with Gasteiger partial charge in [0.2, 0.25) is 0 Å². The zero-order valence-electron chi connectivity index (χ0n) is 10.7. The summed E-state index contributed by atoms with van der Waals surface area (Å²) in [4.78, 5) is 1.06. The average molecular weight is 261 g/mol. The molecule has 0 spiro atoms. The van der Waals surface area contributed by atoms with Gasteiger partial charge in [0.15, 0.2) is 0 Å². The maximum absolute atomic E-state index is 9.17. The summed E-state index contributed by atoms with van der Waals surface area (Å²) in [5.74, 6) is 0.804. The predicted molar refractivity (Wildman–Crippen MR) is 74.4 cm³/mol. The summed E-state index contributed by atoms with van der Waals surface area (Å²) in [5.41, 5.74) is 1.51. The molecule has 1 aliphatic carbocycles. The lowest BCUT2D eigenvalue weighted by Crippen LogP contribution is -2.15. The highest BCUT2D eigenvalue weighted by Gasteiger charge is 2.20. The first-order valence-corrected chi connectivity index (χ1v) is 7.41.